The molecular weight excluding hydrogens is 326 g/mol. The second-order valence-electron chi connectivity index (χ2n) is 5.66. The van der Waals surface area contributed by atoms with E-state index in [-0.39, 0.29) is 19.0 Å². The Kier molecular flexibility index (Phi) is 5.72. The quantitative estimate of drug-likeness (QED) is 0.824. The molecule has 1 atom stereocenters. The zero-order valence-electron chi connectivity index (χ0n) is 14.0. The second-order valence-corrected chi connectivity index (χ2v) is 7.52. The molecule has 1 aromatic heterocycles. The van der Waals surface area contributed by atoms with Crippen molar-refractivity contribution in [1.82, 2.24) is 18.8 Å². The lowest BCUT2D eigenvalue weighted by atomic mass is 10.2. The molecule has 1 heterocycles. The largest absolute Gasteiger partial charge is 0.279 e. The Balaban J connectivity index is 2.07. The zero-order valence-corrected chi connectivity index (χ0v) is 14.8. The highest BCUT2D eigenvalue weighted by atomic mass is 32.2. The number of aromatic nitrogens is 2. The minimum atomic E-state index is -3.64. The molecule has 0 spiro atoms. The van der Waals surface area contributed by atoms with Gasteiger partial charge in [0.1, 0.15) is 0 Å². The molecule has 128 valence electrons. The van der Waals surface area contributed by atoms with Gasteiger partial charge in [0.25, 0.3) is 10.2 Å². The molecule has 0 saturated carbocycles. The third-order valence-corrected chi connectivity index (χ3v) is 5.11. The fourth-order valence-corrected chi connectivity index (χ4v) is 3.16. The first-order valence-electron chi connectivity index (χ1n) is 7.54. The van der Waals surface area contributed by atoms with Crippen molar-refractivity contribution in [2.45, 2.75) is 20.4 Å². The maximum atomic E-state index is 12.2. The molecule has 0 aliphatic heterocycles. The number of para-hydroxylation sites is 1. The monoisotopic (exact) mass is 347 g/mol. The fourth-order valence-electron chi connectivity index (χ4n) is 2.19. The van der Waals surface area contributed by atoms with Gasteiger partial charge in [-0.25, -0.2) is 4.68 Å². The first kappa shape index (κ1) is 18.1. The topological polar surface area (TPSA) is 91.0 Å². The first-order valence-corrected chi connectivity index (χ1v) is 8.98. The molecule has 8 heteroatoms. The summed E-state index contributed by atoms with van der Waals surface area (Å²) in [6.45, 7) is 3.81. The average molecular weight is 347 g/mol. The van der Waals surface area contributed by atoms with Crippen molar-refractivity contribution in [2.75, 3.05) is 13.6 Å². The van der Waals surface area contributed by atoms with E-state index in [1.807, 2.05) is 49.5 Å². The summed E-state index contributed by atoms with van der Waals surface area (Å²) in [6, 6.07) is 11.6. The number of benzene rings is 1. The molecule has 0 radical (unpaired) electrons. The van der Waals surface area contributed by atoms with Crippen molar-refractivity contribution < 1.29 is 8.42 Å². The Bertz CT molecular complexity index is 824. The third kappa shape index (κ3) is 4.41. The highest BCUT2D eigenvalue weighted by molar-refractivity contribution is 7.87. The number of aryl methyl sites for hydroxylation is 1. The van der Waals surface area contributed by atoms with Crippen LogP contribution in [0.1, 0.15) is 18.2 Å². The third-order valence-electron chi connectivity index (χ3n) is 3.63. The van der Waals surface area contributed by atoms with Crippen LogP contribution in [-0.4, -0.2) is 36.1 Å². The van der Waals surface area contributed by atoms with Crippen molar-refractivity contribution in [3.63, 3.8) is 0 Å². The van der Waals surface area contributed by atoms with Crippen molar-refractivity contribution >= 4 is 10.2 Å². The standard InChI is InChI=1S/C16H21N5O2S/c1-13(9-17)11-20(3)24(22,23)18-10-15-12-21(19-14(15)2)16-7-5-4-6-8-16/h4-8,12-13,18H,10-11H2,1-3H3/t13-/m1/s1. The highest BCUT2D eigenvalue weighted by Gasteiger charge is 2.20. The van der Waals surface area contributed by atoms with Gasteiger partial charge in [-0.3, -0.25) is 0 Å². The van der Waals surface area contributed by atoms with Crippen LogP contribution in [0.15, 0.2) is 36.5 Å². The Morgan fingerprint density at radius 2 is 2.04 bits per heavy atom. The van der Waals surface area contributed by atoms with E-state index in [4.69, 9.17) is 5.26 Å². The van der Waals surface area contributed by atoms with E-state index in [9.17, 15) is 8.42 Å². The fraction of sp³-hybridized carbons (Fsp3) is 0.375. The van der Waals surface area contributed by atoms with E-state index in [2.05, 4.69) is 9.82 Å². The van der Waals surface area contributed by atoms with E-state index in [0.29, 0.717) is 0 Å². The number of hydrogen-bond acceptors (Lipinski definition) is 4. The van der Waals surface area contributed by atoms with Crippen LogP contribution in [0.25, 0.3) is 5.69 Å². The minimum absolute atomic E-state index is 0.145. The van der Waals surface area contributed by atoms with E-state index in [1.165, 1.54) is 7.05 Å². The van der Waals surface area contributed by atoms with Gasteiger partial charge >= 0.3 is 0 Å². The van der Waals surface area contributed by atoms with Crippen LogP contribution in [-0.2, 0) is 16.8 Å². The van der Waals surface area contributed by atoms with Crippen molar-refractivity contribution in [2.24, 2.45) is 5.92 Å². The molecule has 7 nitrogen and oxygen atoms in total. The number of nitriles is 1. The summed E-state index contributed by atoms with van der Waals surface area (Å²) in [5, 5.41) is 13.2. The number of nitrogens with one attached hydrogen (secondary N) is 1. The van der Waals surface area contributed by atoms with Crippen LogP contribution >= 0.6 is 0 Å². The zero-order chi connectivity index (χ0) is 17.7. The van der Waals surface area contributed by atoms with Gasteiger partial charge in [-0.15, -0.1) is 0 Å². The summed E-state index contributed by atoms with van der Waals surface area (Å²) in [7, 11) is -2.19. The lowest BCUT2D eigenvalue weighted by molar-refractivity contribution is 0.430. The molecule has 0 unspecified atom stereocenters. The van der Waals surface area contributed by atoms with Gasteiger partial charge in [-0.05, 0) is 26.0 Å². The van der Waals surface area contributed by atoms with Crippen molar-refractivity contribution in [3.8, 4) is 11.8 Å². The molecule has 1 aromatic carbocycles. The Hall–Kier alpha value is -2.21. The molecule has 2 rings (SSSR count). The summed E-state index contributed by atoms with van der Waals surface area (Å²) in [4.78, 5) is 0. The molecule has 0 amide bonds. The average Bonchev–Trinajstić information content (AvgIpc) is 2.94. The van der Waals surface area contributed by atoms with Gasteiger partial charge in [-0.1, -0.05) is 18.2 Å². The maximum Gasteiger partial charge on any atom is 0.279 e. The SMILES string of the molecule is Cc1nn(-c2ccccc2)cc1CNS(=O)(=O)N(C)C[C@H](C)C#N. The lowest BCUT2D eigenvalue weighted by Gasteiger charge is -2.18. The van der Waals surface area contributed by atoms with E-state index in [1.54, 1.807) is 11.6 Å². The van der Waals surface area contributed by atoms with Gasteiger partial charge in [0.15, 0.2) is 0 Å². The smallest absolute Gasteiger partial charge is 0.240 e. The van der Waals surface area contributed by atoms with Crippen LogP contribution in [0.4, 0.5) is 0 Å². The normalized spacial score (nSPS) is 13.0. The van der Waals surface area contributed by atoms with Crippen molar-refractivity contribution in [1.29, 1.82) is 5.26 Å². The van der Waals surface area contributed by atoms with E-state index in [0.717, 1.165) is 21.2 Å². The summed E-state index contributed by atoms with van der Waals surface area (Å²) in [5.41, 5.74) is 2.47. The summed E-state index contributed by atoms with van der Waals surface area (Å²) < 4.78 is 29.9. The molecule has 0 bridgehead atoms. The van der Waals surface area contributed by atoms with Crippen LogP contribution in [0, 0.1) is 24.2 Å². The summed E-state index contributed by atoms with van der Waals surface area (Å²) in [6.07, 6.45) is 1.81. The summed E-state index contributed by atoms with van der Waals surface area (Å²) >= 11 is 0. The minimum Gasteiger partial charge on any atom is -0.240 e. The molecule has 0 aliphatic carbocycles. The summed E-state index contributed by atoms with van der Waals surface area (Å²) in [5.74, 6) is -0.367. The molecule has 1 N–H and O–H groups in total. The molecule has 2 aromatic rings. The lowest BCUT2D eigenvalue weighted by Crippen LogP contribution is -2.39. The first-order chi connectivity index (χ1) is 11.3. The number of rotatable bonds is 7. The molecule has 0 aliphatic rings. The van der Waals surface area contributed by atoms with Crippen LogP contribution in [0.3, 0.4) is 0 Å². The predicted octanol–water partition coefficient (Wildman–Crippen LogP) is 1.61. The predicted molar refractivity (Wildman–Crippen MR) is 91.5 cm³/mol. The Labute approximate surface area is 142 Å². The van der Waals surface area contributed by atoms with Crippen LogP contribution in [0.2, 0.25) is 0 Å². The van der Waals surface area contributed by atoms with Crippen molar-refractivity contribution in [3.05, 3.63) is 47.8 Å². The van der Waals surface area contributed by atoms with Gasteiger partial charge < -0.3 is 0 Å². The molecule has 0 saturated heterocycles. The Morgan fingerprint density at radius 1 is 1.38 bits per heavy atom. The molecule has 0 fully saturated rings. The Morgan fingerprint density at radius 3 is 2.67 bits per heavy atom. The van der Waals surface area contributed by atoms with E-state index < -0.39 is 10.2 Å². The van der Waals surface area contributed by atoms with Crippen LogP contribution < -0.4 is 4.72 Å². The highest BCUT2D eigenvalue weighted by Crippen LogP contribution is 2.12. The maximum absolute atomic E-state index is 12.2. The second kappa shape index (κ2) is 7.57. The van der Waals surface area contributed by atoms with Gasteiger partial charge in [0.2, 0.25) is 0 Å². The van der Waals surface area contributed by atoms with Gasteiger partial charge in [0.05, 0.1) is 23.4 Å². The van der Waals surface area contributed by atoms with E-state index >= 15 is 0 Å². The van der Waals surface area contributed by atoms with Crippen LogP contribution in [0.5, 0.6) is 0 Å². The van der Waals surface area contributed by atoms with Gasteiger partial charge in [0, 0.05) is 31.9 Å². The van der Waals surface area contributed by atoms with Gasteiger partial charge in [-0.2, -0.15) is 27.8 Å². The number of hydrogen-bond donors (Lipinski definition) is 1. The molecule has 24 heavy (non-hydrogen) atoms. The number of nitrogens with zero attached hydrogens (tertiary/aromatic N) is 4. The molecular formula is C16H21N5O2S.